The number of aromatic nitrogens is 3. The Morgan fingerprint density at radius 3 is 2.73 bits per heavy atom. The largest absolute Gasteiger partial charge is 0.420 e. The van der Waals surface area contributed by atoms with Gasteiger partial charge in [0.05, 0.1) is 0 Å². The summed E-state index contributed by atoms with van der Waals surface area (Å²) in [5.74, 6) is 0.880. The molecule has 0 spiro atoms. The van der Waals surface area contributed by atoms with Gasteiger partial charge in [-0.2, -0.15) is 0 Å². The molecule has 0 aliphatic carbocycles. The van der Waals surface area contributed by atoms with Crippen molar-refractivity contribution in [3.63, 3.8) is 0 Å². The fourth-order valence-electron chi connectivity index (χ4n) is 2.48. The smallest absolute Gasteiger partial charge is 0.266 e. The van der Waals surface area contributed by atoms with Gasteiger partial charge in [0.25, 0.3) is 11.8 Å². The number of hydrogen-bond donors (Lipinski definition) is 1. The number of carbonyl (C=O) groups is 1. The van der Waals surface area contributed by atoms with Gasteiger partial charge in [0.2, 0.25) is 5.89 Å². The van der Waals surface area contributed by atoms with Crippen LogP contribution >= 0.6 is 0 Å². The first-order chi connectivity index (χ1) is 10.7. The van der Waals surface area contributed by atoms with E-state index in [0.717, 1.165) is 22.3 Å². The van der Waals surface area contributed by atoms with Crippen molar-refractivity contribution < 1.29 is 9.21 Å². The summed E-state index contributed by atoms with van der Waals surface area (Å²) in [5, 5.41) is 10.5. The molecule has 0 saturated heterocycles. The molecule has 1 aromatic carbocycles. The van der Waals surface area contributed by atoms with E-state index in [4.69, 9.17) is 4.42 Å². The Bertz CT molecular complexity index is 868. The maximum Gasteiger partial charge on any atom is 0.266 e. The first-order valence-electron chi connectivity index (χ1n) is 6.89. The lowest BCUT2D eigenvalue weighted by atomic mass is 10.0. The highest BCUT2D eigenvalue weighted by Crippen LogP contribution is 2.26. The van der Waals surface area contributed by atoms with Crippen LogP contribution in [-0.4, -0.2) is 21.1 Å². The molecule has 0 bridgehead atoms. The second-order valence-corrected chi connectivity index (χ2v) is 5.11. The molecule has 0 radical (unpaired) electrons. The van der Waals surface area contributed by atoms with Crippen LogP contribution in [-0.2, 0) is 6.54 Å². The van der Waals surface area contributed by atoms with Crippen molar-refractivity contribution in [3.05, 3.63) is 53.5 Å². The second kappa shape index (κ2) is 4.77. The quantitative estimate of drug-likeness (QED) is 0.784. The Labute approximate surface area is 126 Å². The van der Waals surface area contributed by atoms with Crippen LogP contribution in [0.3, 0.4) is 0 Å². The molecule has 0 unspecified atom stereocenters. The van der Waals surface area contributed by atoms with Crippen LogP contribution in [0.2, 0.25) is 0 Å². The Morgan fingerprint density at radius 1 is 1.14 bits per heavy atom. The highest BCUT2D eigenvalue weighted by Gasteiger charge is 2.19. The van der Waals surface area contributed by atoms with E-state index in [0.29, 0.717) is 24.0 Å². The summed E-state index contributed by atoms with van der Waals surface area (Å²) in [6.45, 7) is 2.34. The number of rotatable bonds is 2. The van der Waals surface area contributed by atoms with E-state index < -0.39 is 0 Å². The molecule has 1 amide bonds. The maximum atomic E-state index is 11.7. The molecule has 6 heteroatoms. The molecule has 6 nitrogen and oxygen atoms in total. The van der Waals surface area contributed by atoms with E-state index in [1.54, 1.807) is 13.1 Å². The molecule has 2 aromatic heterocycles. The average Bonchev–Trinajstić information content (AvgIpc) is 3.14. The highest BCUT2D eigenvalue weighted by atomic mass is 16.4. The number of benzene rings is 1. The lowest BCUT2D eigenvalue weighted by Gasteiger charge is -2.04. The Morgan fingerprint density at radius 2 is 2.00 bits per heavy atom. The number of carbonyl (C=O) groups excluding carboxylic acids is 1. The van der Waals surface area contributed by atoms with Crippen molar-refractivity contribution in [2.45, 2.75) is 13.5 Å². The number of nitrogens with zero attached hydrogens (tertiary/aromatic N) is 3. The van der Waals surface area contributed by atoms with Gasteiger partial charge in [0.1, 0.15) is 5.69 Å². The van der Waals surface area contributed by atoms with E-state index in [-0.39, 0.29) is 5.91 Å². The molecular formula is C16H12N4O2. The minimum absolute atomic E-state index is 0.0252. The SMILES string of the molecule is Cc1nnc(-c2ccc(-c3ccc4c(c3)C(=O)NC4)cn2)o1. The highest BCUT2D eigenvalue weighted by molar-refractivity contribution is 5.99. The van der Waals surface area contributed by atoms with E-state index >= 15 is 0 Å². The number of pyridine rings is 1. The van der Waals surface area contributed by atoms with Crippen LogP contribution in [0.5, 0.6) is 0 Å². The van der Waals surface area contributed by atoms with Crippen LogP contribution in [0.25, 0.3) is 22.7 Å². The van der Waals surface area contributed by atoms with E-state index in [9.17, 15) is 4.79 Å². The van der Waals surface area contributed by atoms with E-state index in [1.807, 2.05) is 30.3 Å². The van der Waals surface area contributed by atoms with Crippen LogP contribution in [0.4, 0.5) is 0 Å². The normalized spacial score (nSPS) is 13.0. The number of aryl methyl sites for hydroxylation is 1. The van der Waals surface area contributed by atoms with Crippen LogP contribution < -0.4 is 5.32 Å². The fraction of sp³-hybridized carbons (Fsp3) is 0.125. The molecular weight excluding hydrogens is 280 g/mol. The molecule has 0 fully saturated rings. The molecule has 3 heterocycles. The summed E-state index contributed by atoms with van der Waals surface area (Å²) in [7, 11) is 0. The Hall–Kier alpha value is -3.02. The van der Waals surface area contributed by atoms with Crippen LogP contribution in [0.15, 0.2) is 40.9 Å². The van der Waals surface area contributed by atoms with Gasteiger partial charge in [0, 0.05) is 30.8 Å². The van der Waals surface area contributed by atoms with Gasteiger partial charge in [-0.1, -0.05) is 18.2 Å². The number of nitrogens with one attached hydrogen (secondary N) is 1. The van der Waals surface area contributed by atoms with Gasteiger partial charge >= 0.3 is 0 Å². The summed E-state index contributed by atoms with van der Waals surface area (Å²) < 4.78 is 5.35. The first kappa shape index (κ1) is 12.7. The second-order valence-electron chi connectivity index (χ2n) is 5.11. The molecule has 108 valence electrons. The van der Waals surface area contributed by atoms with Crippen molar-refractivity contribution in [1.82, 2.24) is 20.5 Å². The Kier molecular flexibility index (Phi) is 2.75. The van der Waals surface area contributed by atoms with Crippen LogP contribution in [0.1, 0.15) is 21.8 Å². The minimum Gasteiger partial charge on any atom is -0.420 e. The zero-order valence-electron chi connectivity index (χ0n) is 11.8. The summed E-state index contributed by atoms with van der Waals surface area (Å²) in [4.78, 5) is 16.1. The summed E-state index contributed by atoms with van der Waals surface area (Å²) in [5.41, 5.74) is 4.27. The van der Waals surface area contributed by atoms with Gasteiger partial charge in [0.15, 0.2) is 0 Å². The third-order valence-corrected chi connectivity index (χ3v) is 3.64. The maximum absolute atomic E-state index is 11.7. The predicted octanol–water partition coefficient (Wildman–Crippen LogP) is 2.35. The summed E-state index contributed by atoms with van der Waals surface area (Å²) >= 11 is 0. The number of amides is 1. The summed E-state index contributed by atoms with van der Waals surface area (Å²) in [6.07, 6.45) is 1.74. The average molecular weight is 292 g/mol. The molecule has 4 rings (SSSR count). The van der Waals surface area contributed by atoms with E-state index in [1.165, 1.54) is 0 Å². The zero-order chi connectivity index (χ0) is 15.1. The number of fused-ring (bicyclic) bond motifs is 1. The van der Waals surface area contributed by atoms with E-state index in [2.05, 4.69) is 20.5 Å². The standard InChI is InChI=1S/C16H12N4O2/c1-9-19-20-16(22-9)14-5-4-11(7-17-14)10-2-3-12-8-18-15(21)13(12)6-10/h2-7H,8H2,1H3,(H,18,21). The molecule has 1 aliphatic heterocycles. The lowest BCUT2D eigenvalue weighted by Crippen LogP contribution is -2.12. The molecule has 1 N–H and O–H groups in total. The molecule has 0 saturated carbocycles. The number of hydrogen-bond acceptors (Lipinski definition) is 5. The van der Waals surface area contributed by atoms with Gasteiger partial charge in [-0.05, 0) is 23.3 Å². The fourth-order valence-corrected chi connectivity index (χ4v) is 2.48. The zero-order valence-corrected chi connectivity index (χ0v) is 11.8. The third-order valence-electron chi connectivity index (χ3n) is 3.64. The van der Waals surface area contributed by atoms with Crippen molar-refractivity contribution in [3.8, 4) is 22.7 Å². The van der Waals surface area contributed by atoms with Gasteiger partial charge < -0.3 is 9.73 Å². The molecule has 0 atom stereocenters. The molecule has 1 aliphatic rings. The van der Waals surface area contributed by atoms with Crippen molar-refractivity contribution in [2.75, 3.05) is 0 Å². The monoisotopic (exact) mass is 292 g/mol. The summed E-state index contributed by atoms with van der Waals surface area (Å²) in [6, 6.07) is 9.61. The van der Waals surface area contributed by atoms with Gasteiger partial charge in [-0.25, -0.2) is 0 Å². The third kappa shape index (κ3) is 2.05. The Balaban J connectivity index is 1.69. The van der Waals surface area contributed by atoms with Gasteiger partial charge in [-0.15, -0.1) is 10.2 Å². The lowest BCUT2D eigenvalue weighted by molar-refractivity contribution is 0.0966. The topological polar surface area (TPSA) is 80.9 Å². The molecule has 22 heavy (non-hydrogen) atoms. The first-order valence-corrected chi connectivity index (χ1v) is 6.89. The molecule has 3 aromatic rings. The van der Waals surface area contributed by atoms with Gasteiger partial charge in [-0.3, -0.25) is 9.78 Å². The minimum atomic E-state index is -0.0252. The van der Waals surface area contributed by atoms with Crippen molar-refractivity contribution in [2.24, 2.45) is 0 Å². The van der Waals surface area contributed by atoms with Crippen molar-refractivity contribution >= 4 is 5.91 Å². The van der Waals surface area contributed by atoms with Crippen molar-refractivity contribution in [1.29, 1.82) is 0 Å². The van der Waals surface area contributed by atoms with Crippen LogP contribution in [0, 0.1) is 6.92 Å². The predicted molar refractivity (Wildman–Crippen MR) is 78.9 cm³/mol.